The monoisotopic (exact) mass is 274 g/mol. The minimum absolute atomic E-state index is 0.0714. The van der Waals surface area contributed by atoms with Crippen LogP contribution in [-0.2, 0) is 0 Å². The van der Waals surface area contributed by atoms with E-state index in [9.17, 15) is 4.79 Å². The summed E-state index contributed by atoms with van der Waals surface area (Å²) in [5.41, 5.74) is 2.02. The van der Waals surface area contributed by atoms with Gasteiger partial charge in [-0.3, -0.25) is 4.79 Å². The van der Waals surface area contributed by atoms with E-state index < -0.39 is 0 Å². The van der Waals surface area contributed by atoms with Gasteiger partial charge >= 0.3 is 0 Å². The van der Waals surface area contributed by atoms with Crippen molar-refractivity contribution in [2.45, 2.75) is 12.8 Å². The third kappa shape index (κ3) is 2.93. The van der Waals surface area contributed by atoms with E-state index in [0.717, 1.165) is 25.9 Å². The largest absolute Gasteiger partial charge is 0.454 e. The summed E-state index contributed by atoms with van der Waals surface area (Å²) in [5.74, 6) is 1.26. The molecule has 0 aliphatic carbocycles. The van der Waals surface area contributed by atoms with Gasteiger partial charge in [0.25, 0.3) is 5.91 Å². The van der Waals surface area contributed by atoms with Crippen LogP contribution in [-0.4, -0.2) is 32.3 Å². The van der Waals surface area contributed by atoms with Gasteiger partial charge in [0.05, 0.1) is 0 Å². The van der Waals surface area contributed by atoms with Crippen LogP contribution in [0, 0.1) is 0 Å². The highest BCUT2D eigenvalue weighted by Gasteiger charge is 2.16. The number of rotatable bonds is 4. The summed E-state index contributed by atoms with van der Waals surface area (Å²) < 4.78 is 10.5. The van der Waals surface area contributed by atoms with Gasteiger partial charge in [0.1, 0.15) is 0 Å². The zero-order chi connectivity index (χ0) is 13.8. The Kier molecular flexibility index (Phi) is 3.87. The van der Waals surface area contributed by atoms with Crippen molar-refractivity contribution in [3.8, 4) is 11.5 Å². The van der Waals surface area contributed by atoms with Gasteiger partial charge in [-0.05, 0) is 37.6 Å². The summed E-state index contributed by atoms with van der Waals surface area (Å²) in [6.07, 6.45) is 4.19. The minimum Gasteiger partial charge on any atom is -0.454 e. The van der Waals surface area contributed by atoms with E-state index in [1.54, 1.807) is 18.2 Å². The molecule has 0 saturated heterocycles. The molecule has 0 aromatic heterocycles. The second kappa shape index (κ2) is 5.96. The van der Waals surface area contributed by atoms with Crippen LogP contribution in [0.15, 0.2) is 29.8 Å². The number of hydrogen-bond donors (Lipinski definition) is 2. The lowest BCUT2D eigenvalue weighted by molar-refractivity contribution is 0.0953. The van der Waals surface area contributed by atoms with Gasteiger partial charge in [-0.2, -0.15) is 0 Å². The summed E-state index contributed by atoms with van der Waals surface area (Å²) in [5, 5.41) is 6.22. The fourth-order valence-electron chi connectivity index (χ4n) is 2.37. The Hall–Kier alpha value is -2.01. The maximum atomic E-state index is 12.0. The van der Waals surface area contributed by atoms with E-state index in [4.69, 9.17) is 9.47 Å². The zero-order valence-corrected chi connectivity index (χ0v) is 11.3. The van der Waals surface area contributed by atoms with Gasteiger partial charge in [0.2, 0.25) is 6.79 Å². The number of benzene rings is 1. The molecule has 1 aromatic rings. The molecule has 0 atom stereocenters. The molecule has 2 aliphatic heterocycles. The molecule has 0 fully saturated rings. The van der Waals surface area contributed by atoms with E-state index in [1.807, 2.05) is 0 Å². The zero-order valence-electron chi connectivity index (χ0n) is 11.3. The van der Waals surface area contributed by atoms with E-state index in [-0.39, 0.29) is 12.7 Å². The van der Waals surface area contributed by atoms with Crippen molar-refractivity contribution in [3.05, 3.63) is 35.4 Å². The lowest BCUT2D eigenvalue weighted by atomic mass is 10.1. The van der Waals surface area contributed by atoms with Crippen LogP contribution >= 0.6 is 0 Å². The molecule has 2 heterocycles. The first-order valence-electron chi connectivity index (χ1n) is 6.89. The van der Waals surface area contributed by atoms with Gasteiger partial charge in [0, 0.05) is 18.7 Å². The van der Waals surface area contributed by atoms with Crippen molar-refractivity contribution >= 4 is 5.91 Å². The van der Waals surface area contributed by atoms with Crippen LogP contribution in [0.3, 0.4) is 0 Å². The van der Waals surface area contributed by atoms with Crippen LogP contribution in [0.25, 0.3) is 0 Å². The SMILES string of the molecule is O=C(NCCC1=CCNCC1)c1ccc2c(c1)OCO2. The standard InChI is InChI=1S/C15H18N2O3/c18-15(17-8-5-11-3-6-16-7-4-11)12-1-2-13-14(9-12)20-10-19-13/h1-3,9,16H,4-8,10H2,(H,17,18). The lowest BCUT2D eigenvalue weighted by Gasteiger charge is -2.14. The molecule has 2 aliphatic rings. The fourth-order valence-corrected chi connectivity index (χ4v) is 2.37. The molecule has 2 N–H and O–H groups in total. The number of amides is 1. The smallest absolute Gasteiger partial charge is 0.251 e. The first kappa shape index (κ1) is 13.0. The van der Waals surface area contributed by atoms with Crippen LogP contribution in [0.5, 0.6) is 11.5 Å². The van der Waals surface area contributed by atoms with Crippen LogP contribution < -0.4 is 20.1 Å². The molecule has 0 radical (unpaired) electrons. The number of ether oxygens (including phenoxy) is 2. The van der Waals surface area contributed by atoms with E-state index in [0.29, 0.717) is 23.6 Å². The molecule has 1 amide bonds. The Balaban J connectivity index is 1.52. The van der Waals surface area contributed by atoms with E-state index >= 15 is 0 Å². The second-order valence-corrected chi connectivity index (χ2v) is 4.89. The third-order valence-electron chi connectivity index (χ3n) is 3.52. The van der Waals surface area contributed by atoms with Gasteiger partial charge in [-0.25, -0.2) is 0 Å². The highest BCUT2D eigenvalue weighted by atomic mass is 16.7. The normalized spacial score (nSPS) is 16.7. The predicted octanol–water partition coefficient (Wildman–Crippen LogP) is 1.45. The number of fused-ring (bicyclic) bond motifs is 1. The van der Waals surface area contributed by atoms with Gasteiger partial charge in [-0.15, -0.1) is 0 Å². The molecule has 0 spiro atoms. The molecule has 0 saturated carbocycles. The Morgan fingerprint density at radius 2 is 2.20 bits per heavy atom. The second-order valence-electron chi connectivity index (χ2n) is 4.89. The summed E-state index contributed by atoms with van der Waals surface area (Å²) in [7, 11) is 0. The number of nitrogens with one attached hydrogen (secondary N) is 2. The van der Waals surface area contributed by atoms with Crippen LogP contribution in [0.4, 0.5) is 0 Å². The van der Waals surface area contributed by atoms with Crippen molar-refractivity contribution in [2.75, 3.05) is 26.4 Å². The average Bonchev–Trinajstić information content (AvgIpc) is 2.95. The highest BCUT2D eigenvalue weighted by molar-refractivity contribution is 5.94. The summed E-state index contributed by atoms with van der Waals surface area (Å²) in [6.45, 7) is 2.86. The predicted molar refractivity (Wildman–Crippen MR) is 75.1 cm³/mol. The Morgan fingerprint density at radius 3 is 3.05 bits per heavy atom. The first-order chi connectivity index (χ1) is 9.83. The Morgan fingerprint density at radius 1 is 1.30 bits per heavy atom. The van der Waals surface area contributed by atoms with Crippen molar-refractivity contribution in [1.82, 2.24) is 10.6 Å². The van der Waals surface area contributed by atoms with Gasteiger partial charge in [0.15, 0.2) is 11.5 Å². The summed E-state index contributed by atoms with van der Waals surface area (Å²) in [6, 6.07) is 5.25. The summed E-state index contributed by atoms with van der Waals surface area (Å²) in [4.78, 5) is 12.0. The fraction of sp³-hybridized carbons (Fsp3) is 0.400. The summed E-state index contributed by atoms with van der Waals surface area (Å²) >= 11 is 0. The Bertz CT molecular complexity index is 540. The van der Waals surface area contributed by atoms with E-state index in [1.165, 1.54) is 5.57 Å². The molecule has 0 bridgehead atoms. The quantitative estimate of drug-likeness (QED) is 0.816. The number of carbonyl (C=O) groups excluding carboxylic acids is 1. The van der Waals surface area contributed by atoms with Crippen LogP contribution in [0.2, 0.25) is 0 Å². The van der Waals surface area contributed by atoms with Crippen molar-refractivity contribution in [2.24, 2.45) is 0 Å². The maximum absolute atomic E-state index is 12.0. The third-order valence-corrected chi connectivity index (χ3v) is 3.52. The van der Waals surface area contributed by atoms with Crippen LogP contribution in [0.1, 0.15) is 23.2 Å². The minimum atomic E-state index is -0.0714. The Labute approximate surface area is 118 Å². The molecular formula is C15H18N2O3. The van der Waals surface area contributed by atoms with Gasteiger partial charge < -0.3 is 20.1 Å². The first-order valence-corrected chi connectivity index (χ1v) is 6.89. The van der Waals surface area contributed by atoms with Crippen molar-refractivity contribution < 1.29 is 14.3 Å². The molecule has 1 aromatic carbocycles. The van der Waals surface area contributed by atoms with E-state index in [2.05, 4.69) is 16.7 Å². The molecule has 5 nitrogen and oxygen atoms in total. The molecule has 3 rings (SSSR count). The number of carbonyl (C=O) groups is 1. The average molecular weight is 274 g/mol. The molecule has 106 valence electrons. The van der Waals surface area contributed by atoms with Gasteiger partial charge in [-0.1, -0.05) is 11.6 Å². The van der Waals surface area contributed by atoms with Crippen molar-refractivity contribution in [1.29, 1.82) is 0 Å². The molecule has 0 unspecified atom stereocenters. The maximum Gasteiger partial charge on any atom is 0.251 e. The van der Waals surface area contributed by atoms with Crippen molar-refractivity contribution in [3.63, 3.8) is 0 Å². The molecule has 20 heavy (non-hydrogen) atoms. The number of hydrogen-bond acceptors (Lipinski definition) is 4. The highest BCUT2D eigenvalue weighted by Crippen LogP contribution is 2.32. The topological polar surface area (TPSA) is 59.6 Å². The molecule has 5 heteroatoms. The lowest BCUT2D eigenvalue weighted by Crippen LogP contribution is -2.26. The molecular weight excluding hydrogens is 256 g/mol.